The van der Waals surface area contributed by atoms with Gasteiger partial charge in [-0.25, -0.2) is 0 Å². The number of terminal acetylenes is 1. The Labute approximate surface area is 182 Å². The minimum absolute atomic E-state index is 0.133. The van der Waals surface area contributed by atoms with E-state index in [0.717, 1.165) is 25.7 Å². The molecule has 0 unspecified atom stereocenters. The predicted octanol–water partition coefficient (Wildman–Crippen LogP) is 3.40. The highest BCUT2D eigenvalue weighted by Crippen LogP contribution is 2.59. The standard InChI is InChI=1S/C19H30O7.2C2H6/c1-2-3-22-4-5-23-6-7-24-8-9-25-10-11-26-17-14-19(15-17)12-16(13-19)18(20)21;2*1-2/h1,16-17H,3-15H2,(H,20,21);2*1-2H3. The van der Waals surface area contributed by atoms with E-state index in [-0.39, 0.29) is 17.4 Å². The van der Waals surface area contributed by atoms with Gasteiger partial charge < -0.3 is 28.8 Å². The first-order chi connectivity index (χ1) is 14.7. The second kappa shape index (κ2) is 18.6. The maximum absolute atomic E-state index is 10.8. The number of carboxylic acid groups (broad SMARTS) is 1. The number of carboxylic acids is 1. The van der Waals surface area contributed by atoms with Crippen molar-refractivity contribution in [3.63, 3.8) is 0 Å². The highest BCUT2D eigenvalue weighted by Gasteiger charge is 2.55. The molecule has 1 N–H and O–H groups in total. The van der Waals surface area contributed by atoms with Gasteiger partial charge in [0.25, 0.3) is 0 Å². The van der Waals surface area contributed by atoms with Gasteiger partial charge in [-0.3, -0.25) is 4.79 Å². The second-order valence-electron chi connectivity index (χ2n) is 6.94. The molecule has 0 aromatic carbocycles. The average Bonchev–Trinajstić information content (AvgIpc) is 2.70. The number of ether oxygens (including phenoxy) is 5. The Kier molecular flexibility index (Phi) is 17.9. The normalized spacial score (nSPS) is 23.7. The molecule has 7 nitrogen and oxygen atoms in total. The van der Waals surface area contributed by atoms with Crippen molar-refractivity contribution in [2.75, 3.05) is 59.5 Å². The first-order valence-electron chi connectivity index (χ1n) is 11.2. The lowest BCUT2D eigenvalue weighted by atomic mass is 9.50. The molecule has 0 aromatic heterocycles. The van der Waals surface area contributed by atoms with Crippen molar-refractivity contribution in [3.05, 3.63) is 0 Å². The van der Waals surface area contributed by atoms with E-state index in [4.69, 9.17) is 35.2 Å². The van der Waals surface area contributed by atoms with Crippen LogP contribution in [-0.2, 0) is 28.5 Å². The minimum Gasteiger partial charge on any atom is -0.481 e. The molecule has 0 radical (unpaired) electrons. The largest absolute Gasteiger partial charge is 0.481 e. The number of rotatable bonds is 15. The molecule has 2 rings (SSSR count). The van der Waals surface area contributed by atoms with Crippen LogP contribution in [-0.4, -0.2) is 76.6 Å². The van der Waals surface area contributed by atoms with Crippen LogP contribution in [0.5, 0.6) is 0 Å². The van der Waals surface area contributed by atoms with Crippen molar-refractivity contribution in [2.45, 2.75) is 59.5 Å². The summed E-state index contributed by atoms with van der Waals surface area (Å²) in [4.78, 5) is 10.8. The quantitative estimate of drug-likeness (QED) is 0.315. The van der Waals surface area contributed by atoms with Crippen LogP contribution < -0.4 is 0 Å². The van der Waals surface area contributed by atoms with Crippen LogP contribution in [0.1, 0.15) is 53.4 Å². The number of aliphatic carboxylic acids is 1. The third-order valence-electron chi connectivity index (χ3n) is 4.91. The highest BCUT2D eigenvalue weighted by molar-refractivity contribution is 5.71. The van der Waals surface area contributed by atoms with E-state index in [1.165, 1.54) is 0 Å². The summed E-state index contributed by atoms with van der Waals surface area (Å²) in [6.07, 6.45) is 8.94. The third-order valence-corrected chi connectivity index (χ3v) is 4.91. The zero-order chi connectivity index (χ0) is 22.7. The van der Waals surface area contributed by atoms with Crippen LogP contribution in [0.2, 0.25) is 0 Å². The molecule has 0 atom stereocenters. The molecule has 2 fully saturated rings. The van der Waals surface area contributed by atoms with E-state index in [0.29, 0.717) is 59.5 Å². The van der Waals surface area contributed by atoms with Gasteiger partial charge >= 0.3 is 5.97 Å². The Morgan fingerprint density at radius 1 is 0.833 bits per heavy atom. The first-order valence-corrected chi connectivity index (χ1v) is 11.2. The van der Waals surface area contributed by atoms with Crippen molar-refractivity contribution in [2.24, 2.45) is 11.3 Å². The fourth-order valence-corrected chi connectivity index (χ4v) is 3.58. The molecular weight excluding hydrogens is 388 g/mol. The molecule has 0 heterocycles. The zero-order valence-corrected chi connectivity index (χ0v) is 19.3. The maximum Gasteiger partial charge on any atom is 0.306 e. The van der Waals surface area contributed by atoms with Crippen molar-refractivity contribution >= 4 is 5.97 Å². The summed E-state index contributed by atoms with van der Waals surface area (Å²) < 4.78 is 27.0. The summed E-state index contributed by atoms with van der Waals surface area (Å²) in [5, 5.41) is 8.92. The van der Waals surface area contributed by atoms with Crippen LogP contribution >= 0.6 is 0 Å². The lowest BCUT2D eigenvalue weighted by Crippen LogP contribution is -2.52. The molecule has 7 heteroatoms. The van der Waals surface area contributed by atoms with Gasteiger partial charge in [0.05, 0.1) is 64.9 Å². The molecule has 1 spiro atoms. The van der Waals surface area contributed by atoms with Crippen LogP contribution in [0.25, 0.3) is 0 Å². The number of hydrogen-bond acceptors (Lipinski definition) is 6. The van der Waals surface area contributed by atoms with Crippen LogP contribution in [0, 0.1) is 23.7 Å². The van der Waals surface area contributed by atoms with Crippen molar-refractivity contribution in [3.8, 4) is 12.3 Å². The van der Waals surface area contributed by atoms with Crippen LogP contribution in [0.3, 0.4) is 0 Å². The summed E-state index contributed by atoms with van der Waals surface area (Å²) in [5.74, 6) is 1.60. The smallest absolute Gasteiger partial charge is 0.306 e. The minimum atomic E-state index is -0.656. The maximum atomic E-state index is 10.8. The molecule has 176 valence electrons. The van der Waals surface area contributed by atoms with Gasteiger partial charge in [0, 0.05) is 0 Å². The van der Waals surface area contributed by atoms with E-state index < -0.39 is 5.97 Å². The van der Waals surface area contributed by atoms with Gasteiger partial charge in [-0.1, -0.05) is 33.6 Å². The molecule has 0 aliphatic heterocycles. The lowest BCUT2D eigenvalue weighted by Gasteiger charge is -2.56. The van der Waals surface area contributed by atoms with Crippen molar-refractivity contribution < 1.29 is 33.6 Å². The summed E-state index contributed by atoms with van der Waals surface area (Å²) >= 11 is 0. The molecular formula is C23H42O7. The van der Waals surface area contributed by atoms with Crippen LogP contribution in [0.4, 0.5) is 0 Å². The lowest BCUT2D eigenvalue weighted by molar-refractivity contribution is -0.171. The molecule has 30 heavy (non-hydrogen) atoms. The van der Waals surface area contributed by atoms with Gasteiger partial charge in [-0.05, 0) is 31.1 Å². The molecule has 0 amide bonds. The second-order valence-corrected chi connectivity index (χ2v) is 6.94. The summed E-state index contributed by atoms with van der Waals surface area (Å²) in [5.41, 5.74) is 0.262. The topological polar surface area (TPSA) is 83.5 Å². The van der Waals surface area contributed by atoms with E-state index >= 15 is 0 Å². The fraction of sp³-hybridized carbons (Fsp3) is 0.870. The van der Waals surface area contributed by atoms with Gasteiger partial charge in [-0.15, -0.1) is 6.42 Å². The summed E-state index contributed by atoms with van der Waals surface area (Å²) in [6, 6.07) is 0. The van der Waals surface area contributed by atoms with E-state index in [1.807, 2.05) is 27.7 Å². The number of carbonyl (C=O) groups is 1. The summed E-state index contributed by atoms with van der Waals surface area (Å²) in [7, 11) is 0. The predicted molar refractivity (Wildman–Crippen MR) is 117 cm³/mol. The monoisotopic (exact) mass is 430 g/mol. The Bertz CT molecular complexity index is 447. The molecule has 0 saturated heterocycles. The Morgan fingerprint density at radius 2 is 1.27 bits per heavy atom. The first kappa shape index (κ1) is 28.8. The van der Waals surface area contributed by atoms with Crippen molar-refractivity contribution in [1.29, 1.82) is 0 Å². The average molecular weight is 431 g/mol. The van der Waals surface area contributed by atoms with E-state index in [9.17, 15) is 4.79 Å². The third kappa shape index (κ3) is 11.9. The Hall–Kier alpha value is -1.17. The van der Waals surface area contributed by atoms with Crippen LogP contribution in [0.15, 0.2) is 0 Å². The Morgan fingerprint density at radius 3 is 1.70 bits per heavy atom. The molecule has 2 aliphatic rings. The SMILES string of the molecule is C#CCOCCOCCOCCOCCOC1CC2(C1)CC(C(=O)O)C2.CC.CC. The van der Waals surface area contributed by atoms with Gasteiger partial charge in [0.1, 0.15) is 6.61 Å². The molecule has 2 saturated carbocycles. The fourth-order valence-electron chi connectivity index (χ4n) is 3.58. The number of hydrogen-bond donors (Lipinski definition) is 1. The van der Waals surface area contributed by atoms with Crippen molar-refractivity contribution in [1.82, 2.24) is 0 Å². The van der Waals surface area contributed by atoms with Gasteiger partial charge in [0.2, 0.25) is 0 Å². The van der Waals surface area contributed by atoms with E-state index in [1.54, 1.807) is 0 Å². The zero-order valence-electron chi connectivity index (χ0n) is 19.3. The molecule has 0 bridgehead atoms. The highest BCUT2D eigenvalue weighted by atomic mass is 16.6. The molecule has 0 aromatic rings. The van der Waals surface area contributed by atoms with Gasteiger partial charge in [0.15, 0.2) is 0 Å². The van der Waals surface area contributed by atoms with E-state index in [2.05, 4.69) is 5.92 Å². The summed E-state index contributed by atoms with van der Waals surface area (Å²) in [6.45, 7) is 12.5. The molecule has 2 aliphatic carbocycles. The van der Waals surface area contributed by atoms with Gasteiger partial charge in [-0.2, -0.15) is 0 Å². The Balaban J connectivity index is 0.00000198.